The minimum atomic E-state index is -5.39. The molecule has 0 amide bonds. The summed E-state index contributed by atoms with van der Waals surface area (Å²) in [6, 6.07) is 0. The Morgan fingerprint density at radius 3 is 0.714 bits per heavy atom. The van der Waals surface area contributed by atoms with Crippen LogP contribution < -0.4 is 32.0 Å². The Morgan fingerprint density at radius 1 is 0.714 bits per heavy atom. The molecule has 0 bridgehead atoms. The summed E-state index contributed by atoms with van der Waals surface area (Å²) in [4.78, 5) is 25.6. The van der Waals surface area contributed by atoms with Crippen LogP contribution in [0.3, 0.4) is 0 Å². The molecule has 0 atom stereocenters. The summed E-state index contributed by atoms with van der Waals surface area (Å²) in [6.07, 6.45) is 0. The number of hydrogen-bond acceptors (Lipinski definition) is 4. The van der Waals surface area contributed by atoms with E-state index in [-0.39, 0.29) is 0 Å². The van der Waals surface area contributed by atoms with E-state index in [2.05, 4.69) is 0 Å². The third kappa shape index (κ3) is 6990. The number of quaternary nitrogens is 3. The number of phosphoric acid groups is 1. The Hall–Kier alpha value is -0.430. The average Bonchev–Trinajstić information content (AvgIpc) is 1.86. The van der Waals surface area contributed by atoms with Gasteiger partial charge < -0.3 is 19.2 Å². The SMILES string of the molecule is F[NH2+]F.F[NH2+]F.F[NH2+]F.O=P([O-])([O-])[O-]. The summed E-state index contributed by atoms with van der Waals surface area (Å²) in [5.74, 6) is -3.00. The van der Waals surface area contributed by atoms with Gasteiger partial charge in [0.25, 0.3) is 0 Å². The first-order chi connectivity index (χ1) is 6.24. The number of nitrogens with two attached hydrogens (primary N) is 3. The molecule has 0 spiro atoms. The predicted molar refractivity (Wildman–Crippen MR) is 20.0 cm³/mol. The standard InChI is InChI=1S/3F2H2N.H3O4P/c3*1-3-2;1-5(2,3)4/h3*3H2;(H3,1,2,3,4)/q3*+1;/p-3. The lowest BCUT2D eigenvalue weighted by Gasteiger charge is -2.36. The Balaban J connectivity index is -0.0000000495. The van der Waals surface area contributed by atoms with Crippen LogP contribution in [0.4, 0.5) is 26.9 Å². The van der Waals surface area contributed by atoms with E-state index >= 15 is 0 Å². The van der Waals surface area contributed by atoms with E-state index in [9.17, 15) is 26.9 Å². The Kier molecular flexibility index (Phi) is 38.3. The highest BCUT2D eigenvalue weighted by atomic mass is 31.2. The fourth-order valence-electron chi connectivity index (χ4n) is 0. The van der Waals surface area contributed by atoms with Gasteiger partial charge in [0.05, 0.1) is 0 Å². The first kappa shape index (κ1) is 23.4. The van der Waals surface area contributed by atoms with E-state index in [0.717, 1.165) is 0 Å². The second-order valence-electron chi connectivity index (χ2n) is 0.695. The molecule has 0 aliphatic carbocycles. The Bertz CT molecular complexity index is 96.2. The topological polar surface area (TPSA) is 136 Å². The summed E-state index contributed by atoms with van der Waals surface area (Å²) < 4.78 is 65.5. The molecular formula is H6F6N3O4P. The summed E-state index contributed by atoms with van der Waals surface area (Å²) >= 11 is 0. The lowest BCUT2D eigenvalue weighted by atomic mass is 13.6. The summed E-state index contributed by atoms with van der Waals surface area (Å²) in [5, 5.41) is 0. The van der Waals surface area contributed by atoms with Gasteiger partial charge in [-0.25, -0.2) is 0 Å². The van der Waals surface area contributed by atoms with E-state index in [4.69, 9.17) is 19.2 Å². The van der Waals surface area contributed by atoms with Crippen LogP contribution in [0.1, 0.15) is 0 Å². The summed E-state index contributed by atoms with van der Waals surface area (Å²) in [7, 11) is -5.39. The second kappa shape index (κ2) is 22.9. The lowest BCUT2D eigenvalue weighted by Crippen LogP contribution is -2.61. The molecule has 0 aromatic rings. The highest BCUT2D eigenvalue weighted by molar-refractivity contribution is 7.40. The third-order valence-corrected chi connectivity index (χ3v) is 0. The molecule has 0 unspecified atom stereocenters. The molecule has 92 valence electrons. The molecule has 0 aliphatic rings. The van der Waals surface area contributed by atoms with Crippen LogP contribution in [0.2, 0.25) is 0 Å². The van der Waals surface area contributed by atoms with E-state index < -0.39 is 25.1 Å². The summed E-state index contributed by atoms with van der Waals surface area (Å²) in [5.41, 5.74) is 0. The van der Waals surface area contributed by atoms with Gasteiger partial charge in [0.1, 0.15) is 0 Å². The maximum atomic E-state index is 9.50. The van der Waals surface area contributed by atoms with Crippen LogP contribution in [0.5, 0.6) is 0 Å². The van der Waals surface area contributed by atoms with Gasteiger partial charge in [0.2, 0.25) is 0 Å². The van der Waals surface area contributed by atoms with Gasteiger partial charge in [-0.3, -0.25) is 0 Å². The Morgan fingerprint density at radius 2 is 0.714 bits per heavy atom. The van der Waals surface area contributed by atoms with Gasteiger partial charge in [0, 0.05) is 44.2 Å². The third-order valence-electron chi connectivity index (χ3n) is 0. The predicted octanol–water partition coefficient (Wildman–Crippen LogP) is -4.87. The van der Waals surface area contributed by atoms with Crippen molar-refractivity contribution in [2.45, 2.75) is 0 Å². The fraction of sp³-hybridized carbons (Fsp3) is 0. The highest BCUT2D eigenvalue weighted by Gasteiger charge is 1.46. The molecule has 6 N–H and O–H groups in total. The van der Waals surface area contributed by atoms with Crippen molar-refractivity contribution >= 4 is 7.82 Å². The van der Waals surface area contributed by atoms with Crippen molar-refractivity contribution in [1.29, 1.82) is 0 Å². The summed E-state index contributed by atoms with van der Waals surface area (Å²) in [6.45, 7) is 0. The molecule has 7 nitrogen and oxygen atoms in total. The van der Waals surface area contributed by atoms with Crippen LogP contribution in [0.25, 0.3) is 0 Å². The molecule has 0 fully saturated rings. The van der Waals surface area contributed by atoms with Gasteiger partial charge in [-0.15, -0.1) is 0 Å². The van der Waals surface area contributed by atoms with Crippen LogP contribution in [0, 0.1) is 0 Å². The van der Waals surface area contributed by atoms with Crippen LogP contribution in [-0.4, -0.2) is 0 Å². The van der Waals surface area contributed by atoms with Crippen LogP contribution >= 0.6 is 7.82 Å². The zero-order valence-corrected chi connectivity index (χ0v) is 6.97. The quantitative estimate of drug-likeness (QED) is 0.227. The van der Waals surface area contributed by atoms with Gasteiger partial charge in [-0.1, -0.05) is 0 Å². The maximum Gasteiger partial charge on any atom is 0.0378 e. The molecule has 0 aromatic carbocycles. The minimum Gasteiger partial charge on any atom is -0.822 e. The van der Waals surface area contributed by atoms with E-state index in [1.807, 2.05) is 0 Å². The van der Waals surface area contributed by atoms with E-state index in [0.29, 0.717) is 0 Å². The van der Waals surface area contributed by atoms with Crippen molar-refractivity contribution in [2.75, 3.05) is 0 Å². The van der Waals surface area contributed by atoms with Crippen molar-refractivity contribution in [3.63, 3.8) is 0 Å². The first-order valence-electron chi connectivity index (χ1n) is 2.04. The zero-order chi connectivity index (χ0) is 12.6. The minimum absolute atomic E-state index is 1.00. The Labute approximate surface area is 72.6 Å². The molecule has 0 radical (unpaired) electrons. The number of hydrogen-bond donors (Lipinski definition) is 3. The monoisotopic (exact) mass is 257 g/mol. The second-order valence-corrected chi connectivity index (χ2v) is 1.59. The first-order valence-corrected chi connectivity index (χ1v) is 3.50. The number of halogens is 6. The molecule has 0 saturated heterocycles. The normalized spacial score (nSPS) is 8.07. The number of rotatable bonds is 0. The van der Waals surface area contributed by atoms with E-state index in [1.54, 1.807) is 0 Å². The molecule has 0 aliphatic heterocycles. The molecule has 14 heavy (non-hydrogen) atoms. The molecule has 0 aromatic heterocycles. The molecule has 0 rings (SSSR count). The van der Waals surface area contributed by atoms with Crippen molar-refractivity contribution in [1.82, 2.24) is 0 Å². The maximum absolute atomic E-state index is 9.50. The lowest BCUT2D eigenvalue weighted by molar-refractivity contribution is -0.965. The molecule has 14 heteroatoms. The highest BCUT2D eigenvalue weighted by Crippen LogP contribution is 2.03. The van der Waals surface area contributed by atoms with Crippen molar-refractivity contribution in [3.8, 4) is 0 Å². The fourth-order valence-corrected chi connectivity index (χ4v) is 0. The average molecular weight is 257 g/mol. The molecular weight excluding hydrogens is 251 g/mol. The van der Waals surface area contributed by atoms with Gasteiger partial charge >= 0.3 is 0 Å². The van der Waals surface area contributed by atoms with Crippen LogP contribution in [0.15, 0.2) is 0 Å². The molecule has 0 saturated carbocycles. The van der Waals surface area contributed by atoms with E-state index in [1.165, 1.54) is 0 Å². The van der Waals surface area contributed by atoms with Crippen molar-refractivity contribution < 1.29 is 63.4 Å². The zero-order valence-electron chi connectivity index (χ0n) is 6.08. The smallest absolute Gasteiger partial charge is 0.0378 e. The van der Waals surface area contributed by atoms with Crippen molar-refractivity contribution in [2.24, 2.45) is 0 Å². The van der Waals surface area contributed by atoms with Gasteiger partial charge in [0.15, 0.2) is 0 Å². The largest absolute Gasteiger partial charge is 0.822 e. The van der Waals surface area contributed by atoms with Gasteiger partial charge in [-0.05, 0) is 0 Å². The molecule has 0 heterocycles. The van der Waals surface area contributed by atoms with Crippen molar-refractivity contribution in [3.05, 3.63) is 0 Å². The van der Waals surface area contributed by atoms with Crippen LogP contribution in [-0.2, 0) is 4.57 Å². The van der Waals surface area contributed by atoms with Gasteiger partial charge in [-0.2, -0.15) is 7.82 Å².